The van der Waals surface area contributed by atoms with Crippen molar-refractivity contribution in [2.75, 3.05) is 0 Å². The van der Waals surface area contributed by atoms with E-state index < -0.39 is 0 Å². The van der Waals surface area contributed by atoms with Crippen LogP contribution in [-0.2, 0) is 6.54 Å². The van der Waals surface area contributed by atoms with Crippen molar-refractivity contribution in [2.45, 2.75) is 64.1 Å². The van der Waals surface area contributed by atoms with Crippen LogP contribution >= 0.6 is 23.2 Å². The van der Waals surface area contributed by atoms with Crippen LogP contribution in [0.4, 0.5) is 0 Å². The highest BCUT2D eigenvalue weighted by Gasteiger charge is 2.24. The van der Waals surface area contributed by atoms with Gasteiger partial charge in [-0.2, -0.15) is 0 Å². The molecule has 3 rings (SSSR count). The van der Waals surface area contributed by atoms with Crippen molar-refractivity contribution in [1.29, 1.82) is 0 Å². The lowest BCUT2D eigenvalue weighted by Crippen LogP contribution is -2.25. The van der Waals surface area contributed by atoms with Crippen molar-refractivity contribution in [3.05, 3.63) is 27.7 Å². The standard InChI is InChI=1S/C17H23Cl2NO/c1-11-3-2-4-15(7-11)21-17-12(10-20-14-5-6-14)8-13(18)9-16(17)19/h8-9,11,14-15,20H,2-7,10H2,1H3. The fraction of sp³-hybridized carbons (Fsp3) is 0.647. The van der Waals surface area contributed by atoms with Gasteiger partial charge in [0.1, 0.15) is 5.75 Å². The molecule has 1 aromatic rings. The van der Waals surface area contributed by atoms with E-state index in [1.807, 2.05) is 6.07 Å². The molecule has 0 amide bonds. The molecule has 2 aliphatic rings. The monoisotopic (exact) mass is 327 g/mol. The molecule has 2 unspecified atom stereocenters. The highest BCUT2D eigenvalue weighted by Crippen LogP contribution is 2.36. The maximum atomic E-state index is 6.38. The number of hydrogen-bond acceptors (Lipinski definition) is 2. The van der Waals surface area contributed by atoms with Crippen LogP contribution in [0.15, 0.2) is 12.1 Å². The van der Waals surface area contributed by atoms with E-state index in [1.165, 1.54) is 25.7 Å². The van der Waals surface area contributed by atoms with Crippen LogP contribution in [0.1, 0.15) is 51.0 Å². The number of rotatable bonds is 5. The molecule has 4 heteroatoms. The normalized spacial score (nSPS) is 25.9. The van der Waals surface area contributed by atoms with Crippen molar-refractivity contribution < 1.29 is 4.74 Å². The maximum Gasteiger partial charge on any atom is 0.142 e. The van der Waals surface area contributed by atoms with Gasteiger partial charge in [-0.3, -0.25) is 0 Å². The van der Waals surface area contributed by atoms with Crippen LogP contribution < -0.4 is 10.1 Å². The first-order valence-corrected chi connectivity index (χ1v) is 8.75. The fourth-order valence-electron chi connectivity index (χ4n) is 3.07. The average Bonchev–Trinajstić information content (AvgIpc) is 3.24. The largest absolute Gasteiger partial charge is 0.489 e. The van der Waals surface area contributed by atoms with Crippen molar-refractivity contribution in [2.24, 2.45) is 5.92 Å². The van der Waals surface area contributed by atoms with Gasteiger partial charge in [-0.15, -0.1) is 0 Å². The van der Waals surface area contributed by atoms with E-state index in [2.05, 4.69) is 12.2 Å². The van der Waals surface area contributed by atoms with Crippen molar-refractivity contribution in [1.82, 2.24) is 5.32 Å². The van der Waals surface area contributed by atoms with E-state index in [9.17, 15) is 0 Å². The molecule has 0 heterocycles. The molecule has 0 aromatic heterocycles. The summed E-state index contributed by atoms with van der Waals surface area (Å²) in [6, 6.07) is 4.42. The van der Waals surface area contributed by atoms with Crippen LogP contribution in [0.3, 0.4) is 0 Å². The van der Waals surface area contributed by atoms with E-state index in [-0.39, 0.29) is 6.10 Å². The highest BCUT2D eigenvalue weighted by molar-refractivity contribution is 6.35. The Morgan fingerprint density at radius 2 is 2.00 bits per heavy atom. The van der Waals surface area contributed by atoms with Gasteiger partial charge in [0.2, 0.25) is 0 Å². The molecule has 2 nitrogen and oxygen atoms in total. The second-order valence-electron chi connectivity index (χ2n) is 6.54. The Morgan fingerprint density at radius 3 is 2.71 bits per heavy atom. The van der Waals surface area contributed by atoms with Crippen LogP contribution in [0.25, 0.3) is 0 Å². The Morgan fingerprint density at radius 1 is 1.19 bits per heavy atom. The molecule has 1 N–H and O–H groups in total. The summed E-state index contributed by atoms with van der Waals surface area (Å²) < 4.78 is 6.26. The zero-order valence-corrected chi connectivity index (χ0v) is 14.0. The average molecular weight is 328 g/mol. The molecule has 1 aromatic carbocycles. The van der Waals surface area contributed by atoms with Crippen LogP contribution in [-0.4, -0.2) is 12.1 Å². The van der Waals surface area contributed by atoms with Gasteiger partial charge >= 0.3 is 0 Å². The lowest BCUT2D eigenvalue weighted by molar-refractivity contribution is 0.128. The zero-order chi connectivity index (χ0) is 14.8. The summed E-state index contributed by atoms with van der Waals surface area (Å²) in [6.07, 6.45) is 7.62. The number of hydrogen-bond donors (Lipinski definition) is 1. The lowest BCUT2D eigenvalue weighted by atomic mass is 9.88. The van der Waals surface area contributed by atoms with E-state index in [4.69, 9.17) is 27.9 Å². The predicted molar refractivity (Wildman–Crippen MR) is 88.4 cm³/mol. The first-order valence-electron chi connectivity index (χ1n) is 8.00. The molecule has 21 heavy (non-hydrogen) atoms. The summed E-state index contributed by atoms with van der Waals surface area (Å²) in [5.41, 5.74) is 1.08. The summed E-state index contributed by atoms with van der Waals surface area (Å²) in [4.78, 5) is 0. The molecule has 0 radical (unpaired) electrons. The van der Waals surface area contributed by atoms with E-state index in [0.717, 1.165) is 36.6 Å². The Balaban J connectivity index is 1.74. The fourth-order valence-corrected chi connectivity index (χ4v) is 3.65. The van der Waals surface area contributed by atoms with E-state index in [0.29, 0.717) is 16.1 Å². The summed E-state index contributed by atoms with van der Waals surface area (Å²) in [6.45, 7) is 3.08. The third-order valence-electron chi connectivity index (χ3n) is 4.42. The topological polar surface area (TPSA) is 21.3 Å². The molecular formula is C17H23Cl2NO. The molecule has 0 saturated heterocycles. The summed E-state index contributed by atoms with van der Waals surface area (Å²) in [7, 11) is 0. The van der Waals surface area contributed by atoms with Crippen LogP contribution in [0, 0.1) is 5.92 Å². The van der Waals surface area contributed by atoms with Gasteiger partial charge in [0.05, 0.1) is 11.1 Å². The van der Waals surface area contributed by atoms with Crippen molar-refractivity contribution in [3.8, 4) is 5.75 Å². The minimum Gasteiger partial charge on any atom is -0.489 e. The molecular weight excluding hydrogens is 305 g/mol. The Bertz CT molecular complexity index is 502. The molecule has 2 fully saturated rings. The Labute approximate surface area is 137 Å². The van der Waals surface area contributed by atoms with Gasteiger partial charge < -0.3 is 10.1 Å². The first kappa shape index (κ1) is 15.5. The van der Waals surface area contributed by atoms with Gasteiger partial charge in [0, 0.05) is 23.2 Å². The molecule has 116 valence electrons. The molecule has 0 aliphatic heterocycles. The smallest absolute Gasteiger partial charge is 0.142 e. The van der Waals surface area contributed by atoms with Crippen LogP contribution in [0.2, 0.25) is 10.0 Å². The third-order valence-corrected chi connectivity index (χ3v) is 4.92. The molecule has 0 bridgehead atoms. The summed E-state index contributed by atoms with van der Waals surface area (Å²) >= 11 is 12.5. The molecule has 2 saturated carbocycles. The van der Waals surface area contributed by atoms with Gasteiger partial charge in [-0.1, -0.05) is 36.5 Å². The minimum absolute atomic E-state index is 0.284. The zero-order valence-electron chi connectivity index (χ0n) is 12.5. The first-order chi connectivity index (χ1) is 10.1. The number of nitrogens with one attached hydrogen (secondary N) is 1. The Kier molecular flexibility index (Phi) is 4.98. The second-order valence-corrected chi connectivity index (χ2v) is 7.39. The van der Waals surface area contributed by atoms with Gasteiger partial charge in [0.15, 0.2) is 0 Å². The molecule has 2 atom stereocenters. The number of ether oxygens (including phenoxy) is 1. The number of benzene rings is 1. The SMILES string of the molecule is CC1CCCC(Oc2c(Cl)cc(Cl)cc2CNC2CC2)C1. The third kappa shape index (κ3) is 4.28. The lowest BCUT2D eigenvalue weighted by Gasteiger charge is -2.28. The van der Waals surface area contributed by atoms with Crippen molar-refractivity contribution in [3.63, 3.8) is 0 Å². The summed E-state index contributed by atoms with van der Waals surface area (Å²) in [5.74, 6) is 1.57. The summed E-state index contributed by atoms with van der Waals surface area (Å²) in [5, 5.41) is 4.83. The van der Waals surface area contributed by atoms with Crippen molar-refractivity contribution >= 4 is 23.2 Å². The number of halogens is 2. The molecule has 0 spiro atoms. The van der Waals surface area contributed by atoms with Gasteiger partial charge in [-0.05, 0) is 50.2 Å². The Hall–Kier alpha value is -0.440. The van der Waals surface area contributed by atoms with Gasteiger partial charge in [-0.25, -0.2) is 0 Å². The maximum absolute atomic E-state index is 6.38. The quantitative estimate of drug-likeness (QED) is 0.802. The minimum atomic E-state index is 0.284. The van der Waals surface area contributed by atoms with Crippen LogP contribution in [0.5, 0.6) is 5.75 Å². The second kappa shape index (κ2) is 6.76. The predicted octanol–water partition coefficient (Wildman–Crippen LogP) is 5.20. The molecule has 2 aliphatic carbocycles. The van der Waals surface area contributed by atoms with E-state index >= 15 is 0 Å². The highest BCUT2D eigenvalue weighted by atomic mass is 35.5. The van der Waals surface area contributed by atoms with Gasteiger partial charge in [0.25, 0.3) is 0 Å². The van der Waals surface area contributed by atoms with E-state index in [1.54, 1.807) is 6.07 Å².